The molecule has 0 aliphatic carbocycles. The molecule has 1 amide bonds. The summed E-state index contributed by atoms with van der Waals surface area (Å²) in [6.45, 7) is 7.30. The average Bonchev–Trinajstić information content (AvgIpc) is 2.57. The van der Waals surface area contributed by atoms with E-state index >= 15 is 0 Å². The highest BCUT2D eigenvalue weighted by Gasteiger charge is 2.33. The number of hydrogen-bond acceptors (Lipinski definition) is 4. The Labute approximate surface area is 114 Å². The third-order valence-corrected chi connectivity index (χ3v) is 3.44. The van der Waals surface area contributed by atoms with Crippen LogP contribution in [-0.2, 0) is 9.59 Å². The van der Waals surface area contributed by atoms with Gasteiger partial charge in [-0.25, -0.2) is 4.79 Å². The summed E-state index contributed by atoms with van der Waals surface area (Å²) >= 11 is 0. The van der Waals surface area contributed by atoms with E-state index in [2.05, 4.69) is 15.5 Å². The van der Waals surface area contributed by atoms with Gasteiger partial charge in [0.05, 0.1) is 6.54 Å². The molecule has 0 aromatic carbocycles. The van der Waals surface area contributed by atoms with Crippen LogP contribution < -0.4 is 10.6 Å². The zero-order valence-corrected chi connectivity index (χ0v) is 11.9. The molecule has 1 heterocycles. The van der Waals surface area contributed by atoms with E-state index in [1.165, 1.54) is 0 Å². The lowest BCUT2D eigenvalue weighted by molar-refractivity contribution is -0.147. The number of nitrogens with zero attached hydrogens (tertiary/aromatic N) is 1. The first-order valence-corrected chi connectivity index (χ1v) is 6.95. The summed E-state index contributed by atoms with van der Waals surface area (Å²) in [6, 6.07) is 0. The zero-order valence-electron chi connectivity index (χ0n) is 11.9. The quantitative estimate of drug-likeness (QED) is 0.635. The minimum atomic E-state index is -1.16. The fourth-order valence-electron chi connectivity index (χ4n) is 2.33. The van der Waals surface area contributed by atoms with Crippen LogP contribution in [0.2, 0.25) is 0 Å². The molecular formula is C13H25N3O3. The maximum Gasteiger partial charge on any atom is 0.329 e. The van der Waals surface area contributed by atoms with Crippen LogP contribution >= 0.6 is 0 Å². The Morgan fingerprint density at radius 2 is 2.11 bits per heavy atom. The van der Waals surface area contributed by atoms with Gasteiger partial charge in [-0.3, -0.25) is 9.69 Å². The average molecular weight is 271 g/mol. The van der Waals surface area contributed by atoms with Gasteiger partial charge in [-0.2, -0.15) is 0 Å². The molecule has 0 bridgehead atoms. The first-order valence-electron chi connectivity index (χ1n) is 6.95. The predicted molar refractivity (Wildman–Crippen MR) is 73.0 cm³/mol. The van der Waals surface area contributed by atoms with Crippen LogP contribution in [0.15, 0.2) is 0 Å². The molecule has 1 rings (SSSR count). The third-order valence-electron chi connectivity index (χ3n) is 3.44. The molecule has 0 spiro atoms. The number of rotatable bonds is 6. The molecule has 6 nitrogen and oxygen atoms in total. The summed E-state index contributed by atoms with van der Waals surface area (Å²) in [5.74, 6) is -1.18. The molecule has 1 fully saturated rings. The summed E-state index contributed by atoms with van der Waals surface area (Å²) in [5, 5.41) is 15.2. The molecule has 0 aromatic rings. The van der Waals surface area contributed by atoms with Crippen LogP contribution in [0.25, 0.3) is 0 Å². The van der Waals surface area contributed by atoms with E-state index in [0.29, 0.717) is 6.42 Å². The van der Waals surface area contributed by atoms with Gasteiger partial charge in [-0.15, -0.1) is 0 Å². The lowest BCUT2D eigenvalue weighted by atomic mass is 9.96. The van der Waals surface area contributed by atoms with Crippen molar-refractivity contribution in [3.05, 3.63) is 0 Å². The molecule has 0 saturated carbocycles. The van der Waals surface area contributed by atoms with Crippen molar-refractivity contribution >= 4 is 11.9 Å². The first-order chi connectivity index (χ1) is 8.98. The van der Waals surface area contributed by atoms with Crippen LogP contribution in [-0.4, -0.2) is 60.1 Å². The molecule has 1 unspecified atom stereocenters. The van der Waals surface area contributed by atoms with Crippen molar-refractivity contribution < 1.29 is 14.7 Å². The zero-order chi connectivity index (χ0) is 14.3. The smallest absolute Gasteiger partial charge is 0.329 e. The van der Waals surface area contributed by atoms with E-state index in [0.717, 1.165) is 39.0 Å². The van der Waals surface area contributed by atoms with Gasteiger partial charge in [-0.05, 0) is 32.9 Å². The topological polar surface area (TPSA) is 81.7 Å². The maximum atomic E-state index is 12.0. The number of carboxylic acids is 1. The third kappa shape index (κ3) is 5.16. The molecule has 1 saturated heterocycles. The molecular weight excluding hydrogens is 246 g/mol. The Morgan fingerprint density at radius 3 is 2.74 bits per heavy atom. The molecule has 1 aliphatic heterocycles. The Hall–Kier alpha value is -1.14. The summed E-state index contributed by atoms with van der Waals surface area (Å²) in [5.41, 5.74) is -1.16. The predicted octanol–water partition coefficient (Wildman–Crippen LogP) is 0.0413. The van der Waals surface area contributed by atoms with Crippen molar-refractivity contribution in [1.29, 1.82) is 0 Å². The van der Waals surface area contributed by atoms with Gasteiger partial charge in [-0.1, -0.05) is 13.3 Å². The maximum absolute atomic E-state index is 12.0. The number of carbonyl (C=O) groups excluding carboxylic acids is 1. The van der Waals surface area contributed by atoms with E-state index in [9.17, 15) is 14.7 Å². The largest absolute Gasteiger partial charge is 0.480 e. The number of amides is 1. The van der Waals surface area contributed by atoms with Gasteiger partial charge < -0.3 is 15.7 Å². The summed E-state index contributed by atoms with van der Waals surface area (Å²) in [7, 11) is 0. The van der Waals surface area contributed by atoms with Gasteiger partial charge >= 0.3 is 5.97 Å². The highest BCUT2D eigenvalue weighted by molar-refractivity contribution is 5.87. The second-order valence-corrected chi connectivity index (χ2v) is 5.32. The first kappa shape index (κ1) is 15.9. The molecule has 0 aromatic heterocycles. The van der Waals surface area contributed by atoms with Gasteiger partial charge in [0, 0.05) is 13.1 Å². The number of nitrogens with one attached hydrogen (secondary N) is 2. The Kier molecular flexibility index (Phi) is 6.24. The van der Waals surface area contributed by atoms with Crippen molar-refractivity contribution in [2.24, 2.45) is 0 Å². The molecule has 19 heavy (non-hydrogen) atoms. The van der Waals surface area contributed by atoms with Crippen molar-refractivity contribution in [1.82, 2.24) is 15.5 Å². The Balaban J connectivity index is 2.50. The molecule has 3 N–H and O–H groups in total. The standard InChI is InChI=1S/C13H25N3O3/c1-3-5-13(2,12(18)19)15-11(17)10-16-8-4-6-14-7-9-16/h14H,3-10H2,1-2H3,(H,15,17)(H,18,19). The number of carbonyl (C=O) groups is 2. The minimum Gasteiger partial charge on any atom is -0.480 e. The fraction of sp³-hybridized carbons (Fsp3) is 0.846. The lowest BCUT2D eigenvalue weighted by Crippen LogP contribution is -2.54. The van der Waals surface area contributed by atoms with Gasteiger partial charge in [0.25, 0.3) is 0 Å². The minimum absolute atomic E-state index is 0.208. The van der Waals surface area contributed by atoms with E-state index in [4.69, 9.17) is 0 Å². The van der Waals surface area contributed by atoms with Gasteiger partial charge in [0.2, 0.25) is 5.91 Å². The molecule has 6 heteroatoms. The van der Waals surface area contributed by atoms with Crippen molar-refractivity contribution in [2.75, 3.05) is 32.7 Å². The van der Waals surface area contributed by atoms with Crippen molar-refractivity contribution in [3.63, 3.8) is 0 Å². The highest BCUT2D eigenvalue weighted by Crippen LogP contribution is 2.12. The van der Waals surface area contributed by atoms with E-state index < -0.39 is 11.5 Å². The van der Waals surface area contributed by atoms with Gasteiger partial charge in [0.15, 0.2) is 0 Å². The Morgan fingerprint density at radius 1 is 1.37 bits per heavy atom. The number of carboxylic acid groups (broad SMARTS) is 1. The summed E-state index contributed by atoms with van der Waals surface area (Å²) < 4.78 is 0. The van der Waals surface area contributed by atoms with Crippen LogP contribution in [0, 0.1) is 0 Å². The van der Waals surface area contributed by atoms with Crippen LogP contribution in [0.3, 0.4) is 0 Å². The number of hydrogen-bond donors (Lipinski definition) is 3. The lowest BCUT2D eigenvalue weighted by Gasteiger charge is -2.27. The SMILES string of the molecule is CCCC(C)(NC(=O)CN1CCCNCC1)C(=O)O. The number of aliphatic carboxylic acids is 1. The summed E-state index contributed by atoms with van der Waals surface area (Å²) in [6.07, 6.45) is 2.17. The second kappa shape index (κ2) is 7.45. The van der Waals surface area contributed by atoms with Gasteiger partial charge in [0.1, 0.15) is 5.54 Å². The van der Waals surface area contributed by atoms with Crippen molar-refractivity contribution in [3.8, 4) is 0 Å². The summed E-state index contributed by atoms with van der Waals surface area (Å²) in [4.78, 5) is 25.3. The molecule has 110 valence electrons. The fourth-order valence-corrected chi connectivity index (χ4v) is 2.33. The monoisotopic (exact) mass is 271 g/mol. The molecule has 0 radical (unpaired) electrons. The van der Waals surface area contributed by atoms with E-state index in [-0.39, 0.29) is 12.5 Å². The van der Waals surface area contributed by atoms with Crippen LogP contribution in [0.4, 0.5) is 0 Å². The van der Waals surface area contributed by atoms with E-state index in [1.807, 2.05) is 6.92 Å². The van der Waals surface area contributed by atoms with Crippen LogP contribution in [0.5, 0.6) is 0 Å². The normalized spacial score (nSPS) is 20.3. The van der Waals surface area contributed by atoms with E-state index in [1.54, 1.807) is 6.92 Å². The molecule has 1 atom stereocenters. The second-order valence-electron chi connectivity index (χ2n) is 5.32. The Bertz CT molecular complexity index is 314. The molecule has 1 aliphatic rings. The highest BCUT2D eigenvalue weighted by atomic mass is 16.4. The van der Waals surface area contributed by atoms with Crippen LogP contribution in [0.1, 0.15) is 33.1 Å². The van der Waals surface area contributed by atoms with Crippen molar-refractivity contribution in [2.45, 2.75) is 38.6 Å².